The van der Waals surface area contributed by atoms with Crippen LogP contribution >= 0.6 is 0 Å². The van der Waals surface area contributed by atoms with Gasteiger partial charge >= 0.3 is 12.0 Å². The van der Waals surface area contributed by atoms with E-state index in [9.17, 15) is 19.2 Å². The Labute approximate surface area is 203 Å². The van der Waals surface area contributed by atoms with Gasteiger partial charge in [-0.2, -0.15) is 0 Å². The van der Waals surface area contributed by atoms with Crippen LogP contribution in [0.4, 0.5) is 10.5 Å². The number of nitrogens with zero attached hydrogens (tertiary/aromatic N) is 1. The lowest BCUT2D eigenvalue weighted by Crippen LogP contribution is -2.54. The van der Waals surface area contributed by atoms with Gasteiger partial charge in [0.1, 0.15) is 5.57 Å². The first-order valence-electron chi connectivity index (χ1n) is 10.9. The zero-order valence-corrected chi connectivity index (χ0v) is 19.8. The largest absolute Gasteiger partial charge is 0.490 e. The van der Waals surface area contributed by atoms with Gasteiger partial charge in [-0.05, 0) is 56.2 Å². The van der Waals surface area contributed by atoms with Gasteiger partial charge in [0.2, 0.25) is 0 Å². The minimum atomic E-state index is -0.824. The summed E-state index contributed by atoms with van der Waals surface area (Å²) in [5, 5.41) is 2.21. The minimum Gasteiger partial charge on any atom is -0.490 e. The summed E-state index contributed by atoms with van der Waals surface area (Å²) >= 11 is 0. The summed E-state index contributed by atoms with van der Waals surface area (Å²) in [6.45, 7) is 7.39. The summed E-state index contributed by atoms with van der Waals surface area (Å²) in [5.41, 5.74) is 2.16. The molecule has 1 saturated heterocycles. The fraction of sp³-hybridized carbons (Fsp3) is 0.231. The van der Waals surface area contributed by atoms with Gasteiger partial charge in [-0.3, -0.25) is 14.9 Å². The highest BCUT2D eigenvalue weighted by Crippen LogP contribution is 2.35. The van der Waals surface area contributed by atoms with E-state index in [1.54, 1.807) is 49.4 Å². The Hall–Kier alpha value is -4.40. The predicted molar refractivity (Wildman–Crippen MR) is 129 cm³/mol. The van der Waals surface area contributed by atoms with Gasteiger partial charge in [-0.25, -0.2) is 14.5 Å². The number of nitrogens with one attached hydrogen (secondary N) is 1. The van der Waals surface area contributed by atoms with E-state index in [2.05, 4.69) is 16.6 Å². The van der Waals surface area contributed by atoms with E-state index in [-0.39, 0.29) is 12.2 Å². The van der Waals surface area contributed by atoms with Gasteiger partial charge in [0.15, 0.2) is 18.1 Å². The van der Waals surface area contributed by atoms with E-state index in [4.69, 9.17) is 9.47 Å². The summed E-state index contributed by atoms with van der Waals surface area (Å²) in [4.78, 5) is 50.7. The first kappa shape index (κ1) is 25.2. The zero-order chi connectivity index (χ0) is 25.5. The topological polar surface area (TPSA) is 111 Å². The molecule has 0 saturated carbocycles. The van der Waals surface area contributed by atoms with Gasteiger partial charge in [-0.15, -0.1) is 6.58 Å². The van der Waals surface area contributed by atoms with Crippen LogP contribution in [0.5, 0.6) is 11.5 Å². The van der Waals surface area contributed by atoms with E-state index in [1.807, 2.05) is 6.92 Å². The number of hydrogen-bond donors (Lipinski definition) is 1. The molecule has 182 valence electrons. The highest BCUT2D eigenvalue weighted by Gasteiger charge is 2.36. The van der Waals surface area contributed by atoms with Gasteiger partial charge in [0, 0.05) is 5.56 Å². The van der Waals surface area contributed by atoms with Crippen LogP contribution in [0, 0.1) is 6.92 Å². The second-order valence-electron chi connectivity index (χ2n) is 7.59. The third-order valence-corrected chi connectivity index (χ3v) is 5.09. The Balaban J connectivity index is 2.05. The van der Waals surface area contributed by atoms with Crippen LogP contribution in [-0.4, -0.2) is 44.1 Å². The third kappa shape index (κ3) is 5.75. The van der Waals surface area contributed by atoms with E-state index in [0.29, 0.717) is 41.3 Å². The Morgan fingerprint density at radius 3 is 2.46 bits per heavy atom. The Morgan fingerprint density at radius 1 is 1.11 bits per heavy atom. The molecule has 1 fully saturated rings. The molecule has 0 unspecified atom stereocenters. The van der Waals surface area contributed by atoms with Crippen molar-refractivity contribution < 1.29 is 33.4 Å². The van der Waals surface area contributed by atoms with Crippen LogP contribution in [0.25, 0.3) is 6.08 Å². The van der Waals surface area contributed by atoms with Crippen LogP contribution in [0.3, 0.4) is 0 Å². The first-order chi connectivity index (χ1) is 16.8. The molecule has 0 spiro atoms. The number of carbonyl (C=O) groups excluding carboxylic acids is 4. The van der Waals surface area contributed by atoms with Crippen molar-refractivity contribution >= 4 is 35.6 Å². The Kier molecular flexibility index (Phi) is 8.04. The number of ether oxygens (including phenoxy) is 3. The molecule has 0 aliphatic carbocycles. The predicted octanol–water partition coefficient (Wildman–Crippen LogP) is 3.34. The average Bonchev–Trinajstić information content (AvgIpc) is 2.82. The average molecular weight is 479 g/mol. The van der Waals surface area contributed by atoms with Crippen molar-refractivity contribution in [2.45, 2.75) is 20.3 Å². The molecule has 9 heteroatoms. The minimum absolute atomic E-state index is 0.222. The summed E-state index contributed by atoms with van der Waals surface area (Å²) in [6.07, 6.45) is 3.38. The fourth-order valence-electron chi connectivity index (χ4n) is 3.44. The third-order valence-electron chi connectivity index (χ3n) is 5.09. The highest BCUT2D eigenvalue weighted by atomic mass is 16.6. The van der Waals surface area contributed by atoms with Crippen molar-refractivity contribution in [1.29, 1.82) is 0 Å². The van der Waals surface area contributed by atoms with Gasteiger partial charge in [0.25, 0.3) is 11.8 Å². The molecule has 2 aromatic rings. The normalized spacial score (nSPS) is 14.5. The summed E-state index contributed by atoms with van der Waals surface area (Å²) in [6, 6.07) is 9.23. The van der Waals surface area contributed by atoms with Crippen LogP contribution in [0.2, 0.25) is 0 Å². The van der Waals surface area contributed by atoms with Crippen molar-refractivity contribution in [3.63, 3.8) is 0 Å². The second-order valence-corrected chi connectivity index (χ2v) is 7.59. The molecule has 4 amide bonds. The number of imide groups is 2. The molecule has 1 N–H and O–H groups in total. The number of methoxy groups -OCH3 is 1. The number of barbiturate groups is 1. The Morgan fingerprint density at radius 2 is 1.83 bits per heavy atom. The van der Waals surface area contributed by atoms with E-state index >= 15 is 0 Å². The van der Waals surface area contributed by atoms with Crippen LogP contribution in [0.1, 0.15) is 23.6 Å². The smallest absolute Gasteiger partial charge is 0.343 e. The maximum Gasteiger partial charge on any atom is 0.343 e. The summed E-state index contributed by atoms with van der Waals surface area (Å²) < 4.78 is 16.0. The van der Waals surface area contributed by atoms with E-state index < -0.39 is 23.8 Å². The second kappa shape index (κ2) is 11.1. The molecule has 0 atom stereocenters. The van der Waals surface area contributed by atoms with Gasteiger partial charge in [0.05, 0.1) is 19.4 Å². The van der Waals surface area contributed by atoms with Crippen LogP contribution < -0.4 is 19.7 Å². The van der Waals surface area contributed by atoms with Crippen molar-refractivity contribution in [1.82, 2.24) is 5.32 Å². The number of anilines is 1. The number of esters is 1. The number of rotatable bonds is 9. The summed E-state index contributed by atoms with van der Waals surface area (Å²) in [5.74, 6) is -1.48. The number of benzene rings is 2. The van der Waals surface area contributed by atoms with Crippen LogP contribution in [0.15, 0.2) is 54.6 Å². The lowest BCUT2D eigenvalue weighted by molar-refractivity contribution is -0.143. The lowest BCUT2D eigenvalue weighted by atomic mass is 10.0. The summed E-state index contributed by atoms with van der Waals surface area (Å²) in [7, 11) is 1.26. The standard InChI is InChI=1S/C26H26N2O7/c1-5-7-18-12-17(14-21(34-6-2)23(18)35-15-22(29)33-4)13-20-24(30)27-26(32)28(25(20)31)19-10-8-16(3)9-11-19/h5,8-14H,1,6-7,15H2,2-4H3,(H,27,30,32)/b20-13+. The number of allylic oxidation sites excluding steroid dienone is 1. The number of carbonyl (C=O) groups is 4. The molecular weight excluding hydrogens is 452 g/mol. The molecular formula is C26H26N2O7. The van der Waals surface area contributed by atoms with E-state index in [0.717, 1.165) is 10.5 Å². The molecule has 9 nitrogen and oxygen atoms in total. The molecule has 35 heavy (non-hydrogen) atoms. The molecule has 1 heterocycles. The van der Waals surface area contributed by atoms with E-state index in [1.165, 1.54) is 13.2 Å². The van der Waals surface area contributed by atoms with Crippen molar-refractivity contribution in [3.05, 3.63) is 71.3 Å². The lowest BCUT2D eigenvalue weighted by Gasteiger charge is -2.26. The number of amides is 4. The Bertz CT molecular complexity index is 1200. The van der Waals surface area contributed by atoms with Crippen molar-refractivity contribution in [3.8, 4) is 11.5 Å². The molecule has 0 aromatic heterocycles. The van der Waals surface area contributed by atoms with Gasteiger partial charge in [-0.1, -0.05) is 23.8 Å². The quantitative estimate of drug-likeness (QED) is 0.255. The maximum absolute atomic E-state index is 13.2. The number of urea groups is 1. The van der Waals surface area contributed by atoms with Gasteiger partial charge < -0.3 is 14.2 Å². The van der Waals surface area contributed by atoms with Crippen LogP contribution in [-0.2, 0) is 25.5 Å². The number of hydrogen-bond acceptors (Lipinski definition) is 7. The maximum atomic E-state index is 13.2. The molecule has 1 aliphatic heterocycles. The van der Waals surface area contributed by atoms with Crippen molar-refractivity contribution in [2.75, 3.05) is 25.2 Å². The molecule has 3 rings (SSSR count). The molecule has 0 radical (unpaired) electrons. The number of aryl methyl sites for hydroxylation is 1. The zero-order valence-electron chi connectivity index (χ0n) is 19.8. The molecule has 2 aromatic carbocycles. The SMILES string of the molecule is C=CCc1cc(/C=C2\C(=O)NC(=O)N(c3ccc(C)cc3)C2=O)cc(OCC)c1OCC(=O)OC. The molecule has 1 aliphatic rings. The monoisotopic (exact) mass is 478 g/mol. The van der Waals surface area contributed by atoms with Crippen molar-refractivity contribution in [2.24, 2.45) is 0 Å². The molecule has 0 bridgehead atoms. The fourth-order valence-corrected chi connectivity index (χ4v) is 3.44. The first-order valence-corrected chi connectivity index (χ1v) is 10.9. The highest BCUT2D eigenvalue weighted by molar-refractivity contribution is 6.39.